The zero-order valence-corrected chi connectivity index (χ0v) is 16.8. The third-order valence-corrected chi connectivity index (χ3v) is 5.79. The smallest absolute Gasteiger partial charge is 0.247 e. The third kappa shape index (κ3) is 4.76. The number of benzene rings is 2. The zero-order chi connectivity index (χ0) is 19.6. The van der Waals surface area contributed by atoms with Crippen LogP contribution >= 0.6 is 46.6 Å². The first-order chi connectivity index (χ1) is 12.8. The van der Waals surface area contributed by atoms with Crippen molar-refractivity contribution in [3.8, 4) is 0 Å². The molecule has 2 aromatic rings. The van der Waals surface area contributed by atoms with Crippen molar-refractivity contribution in [2.75, 3.05) is 16.0 Å². The Balaban J connectivity index is 1.61. The number of hydrogen-bond acceptors (Lipinski definition) is 4. The lowest BCUT2D eigenvalue weighted by atomic mass is 10.3. The normalized spacial score (nSPS) is 16.7. The summed E-state index contributed by atoms with van der Waals surface area (Å²) in [7, 11) is 0. The number of nitrogens with one attached hydrogen (secondary N) is 1. The summed E-state index contributed by atoms with van der Waals surface area (Å²) in [4.78, 5) is 38.0. The average molecular weight is 444 g/mol. The van der Waals surface area contributed by atoms with Crippen molar-refractivity contribution in [2.24, 2.45) is 0 Å². The number of carbonyl (C=O) groups excluding carboxylic acids is 3. The van der Waals surface area contributed by atoms with Crippen LogP contribution in [0, 0.1) is 0 Å². The average Bonchev–Trinajstić information content (AvgIpc) is 2.89. The van der Waals surface area contributed by atoms with Gasteiger partial charge in [0.15, 0.2) is 0 Å². The molecule has 27 heavy (non-hydrogen) atoms. The molecule has 2 aromatic carbocycles. The molecule has 3 amide bonds. The molecule has 1 heterocycles. The summed E-state index contributed by atoms with van der Waals surface area (Å²) in [5.74, 6) is -0.993. The molecule has 1 N–H and O–H groups in total. The molecule has 1 atom stereocenters. The van der Waals surface area contributed by atoms with Crippen molar-refractivity contribution in [1.29, 1.82) is 0 Å². The molecule has 5 nitrogen and oxygen atoms in total. The Labute approximate surface area is 174 Å². The Hall–Kier alpha value is -1.73. The first-order valence-corrected chi connectivity index (χ1v) is 10.0. The van der Waals surface area contributed by atoms with Crippen LogP contribution < -0.4 is 10.2 Å². The van der Waals surface area contributed by atoms with Gasteiger partial charge >= 0.3 is 0 Å². The molecule has 1 aliphatic rings. The van der Waals surface area contributed by atoms with Gasteiger partial charge in [0.2, 0.25) is 17.7 Å². The SMILES string of the molecule is O=C(CS[C@H]1CC(=O)N(c2ccc(Cl)cc2Cl)C1=O)Nc1ccc(Cl)cc1. The van der Waals surface area contributed by atoms with Gasteiger partial charge in [-0.15, -0.1) is 11.8 Å². The maximum atomic E-state index is 12.6. The van der Waals surface area contributed by atoms with Gasteiger partial charge in [-0.2, -0.15) is 0 Å². The van der Waals surface area contributed by atoms with Gasteiger partial charge in [-0.1, -0.05) is 34.8 Å². The summed E-state index contributed by atoms with van der Waals surface area (Å²) < 4.78 is 0. The molecule has 140 valence electrons. The van der Waals surface area contributed by atoms with Gasteiger partial charge < -0.3 is 5.32 Å². The molecule has 1 aliphatic heterocycles. The quantitative estimate of drug-likeness (QED) is 0.683. The van der Waals surface area contributed by atoms with Gasteiger partial charge in [-0.05, 0) is 42.5 Å². The minimum Gasteiger partial charge on any atom is -0.325 e. The fourth-order valence-corrected chi connectivity index (χ4v) is 4.11. The largest absolute Gasteiger partial charge is 0.325 e. The number of amides is 3. The predicted octanol–water partition coefficient (Wildman–Crippen LogP) is 4.65. The van der Waals surface area contributed by atoms with E-state index in [2.05, 4.69) is 5.32 Å². The van der Waals surface area contributed by atoms with Crippen LogP contribution in [0.4, 0.5) is 11.4 Å². The molecular formula is C18H13Cl3N2O3S. The summed E-state index contributed by atoms with van der Waals surface area (Å²) in [5.41, 5.74) is 0.901. The Bertz CT molecular complexity index is 905. The predicted molar refractivity (Wildman–Crippen MR) is 110 cm³/mol. The van der Waals surface area contributed by atoms with E-state index in [1.165, 1.54) is 12.1 Å². The van der Waals surface area contributed by atoms with Crippen molar-refractivity contribution in [3.05, 3.63) is 57.5 Å². The van der Waals surface area contributed by atoms with Crippen molar-refractivity contribution in [2.45, 2.75) is 11.7 Å². The maximum absolute atomic E-state index is 12.6. The number of anilines is 2. The molecule has 0 radical (unpaired) electrons. The highest BCUT2D eigenvalue weighted by molar-refractivity contribution is 8.01. The summed E-state index contributed by atoms with van der Waals surface area (Å²) in [6.45, 7) is 0. The van der Waals surface area contributed by atoms with E-state index in [9.17, 15) is 14.4 Å². The number of rotatable bonds is 5. The van der Waals surface area contributed by atoms with Gasteiger partial charge in [0.25, 0.3) is 0 Å². The van der Waals surface area contributed by atoms with E-state index in [1.807, 2.05) is 0 Å². The molecular weight excluding hydrogens is 431 g/mol. The number of carbonyl (C=O) groups is 3. The lowest BCUT2D eigenvalue weighted by molar-refractivity contribution is -0.121. The van der Waals surface area contributed by atoms with Crippen molar-refractivity contribution in [3.63, 3.8) is 0 Å². The summed E-state index contributed by atoms with van der Waals surface area (Å²) >= 11 is 18.9. The van der Waals surface area contributed by atoms with Gasteiger partial charge in [0, 0.05) is 22.2 Å². The maximum Gasteiger partial charge on any atom is 0.247 e. The minimum atomic E-state index is -0.639. The summed E-state index contributed by atoms with van der Waals surface area (Å²) in [5, 5.41) is 3.27. The van der Waals surface area contributed by atoms with Crippen LogP contribution in [-0.2, 0) is 14.4 Å². The number of imide groups is 1. The van der Waals surface area contributed by atoms with Crippen LogP contribution in [0.25, 0.3) is 0 Å². The Morgan fingerprint density at radius 3 is 2.41 bits per heavy atom. The molecule has 3 rings (SSSR count). The van der Waals surface area contributed by atoms with Gasteiger partial charge in [-0.3, -0.25) is 14.4 Å². The lowest BCUT2D eigenvalue weighted by Crippen LogP contribution is -2.31. The number of halogens is 3. The fourth-order valence-electron chi connectivity index (χ4n) is 2.56. The van der Waals surface area contributed by atoms with E-state index in [1.54, 1.807) is 30.3 Å². The van der Waals surface area contributed by atoms with Crippen molar-refractivity contribution >= 4 is 75.7 Å². The molecule has 0 spiro atoms. The molecule has 0 saturated carbocycles. The number of nitrogens with zero attached hydrogens (tertiary/aromatic N) is 1. The van der Waals surface area contributed by atoms with E-state index in [0.717, 1.165) is 16.7 Å². The number of hydrogen-bond donors (Lipinski definition) is 1. The molecule has 0 unspecified atom stereocenters. The van der Waals surface area contributed by atoms with Crippen LogP contribution in [-0.4, -0.2) is 28.7 Å². The van der Waals surface area contributed by atoms with E-state index in [0.29, 0.717) is 21.4 Å². The molecule has 1 saturated heterocycles. The molecule has 0 aliphatic carbocycles. The molecule has 9 heteroatoms. The second-order valence-electron chi connectivity index (χ2n) is 5.72. The minimum absolute atomic E-state index is 0.0106. The lowest BCUT2D eigenvalue weighted by Gasteiger charge is -2.16. The van der Waals surface area contributed by atoms with Crippen LogP contribution in [0.2, 0.25) is 15.1 Å². The Morgan fingerprint density at radius 1 is 1.07 bits per heavy atom. The molecule has 0 bridgehead atoms. The second kappa shape index (κ2) is 8.52. The van der Waals surface area contributed by atoms with E-state index >= 15 is 0 Å². The first kappa shape index (κ1) is 20.0. The zero-order valence-electron chi connectivity index (χ0n) is 13.7. The third-order valence-electron chi connectivity index (χ3n) is 3.80. The highest BCUT2D eigenvalue weighted by Gasteiger charge is 2.40. The van der Waals surface area contributed by atoms with Crippen molar-refractivity contribution in [1.82, 2.24) is 0 Å². The monoisotopic (exact) mass is 442 g/mol. The Morgan fingerprint density at radius 2 is 1.74 bits per heavy atom. The summed E-state index contributed by atoms with van der Waals surface area (Å²) in [6, 6.07) is 11.2. The fraction of sp³-hybridized carbons (Fsp3) is 0.167. The van der Waals surface area contributed by atoms with Crippen molar-refractivity contribution < 1.29 is 14.4 Å². The van der Waals surface area contributed by atoms with Gasteiger partial charge in [0.05, 0.1) is 21.7 Å². The summed E-state index contributed by atoms with van der Waals surface area (Å²) in [6.07, 6.45) is 0.0106. The highest BCUT2D eigenvalue weighted by Crippen LogP contribution is 2.35. The molecule has 1 fully saturated rings. The van der Waals surface area contributed by atoms with E-state index < -0.39 is 11.2 Å². The Kier molecular flexibility index (Phi) is 6.32. The standard InChI is InChI=1S/C18H13Cl3N2O3S/c19-10-1-4-12(5-2-10)22-16(24)9-27-15-8-17(25)23(18(15)26)14-6-3-11(20)7-13(14)21/h1-7,15H,8-9H2,(H,22,24)/t15-/m0/s1. The van der Waals surface area contributed by atoms with E-state index in [-0.39, 0.29) is 29.0 Å². The first-order valence-electron chi connectivity index (χ1n) is 7.84. The van der Waals surface area contributed by atoms with Crippen LogP contribution in [0.5, 0.6) is 0 Å². The highest BCUT2D eigenvalue weighted by atomic mass is 35.5. The van der Waals surface area contributed by atoms with Crippen LogP contribution in [0.1, 0.15) is 6.42 Å². The van der Waals surface area contributed by atoms with Crippen LogP contribution in [0.3, 0.4) is 0 Å². The second-order valence-corrected chi connectivity index (χ2v) is 8.19. The number of thioether (sulfide) groups is 1. The van der Waals surface area contributed by atoms with Gasteiger partial charge in [-0.25, -0.2) is 4.90 Å². The topological polar surface area (TPSA) is 66.5 Å². The molecule has 0 aromatic heterocycles. The van der Waals surface area contributed by atoms with Gasteiger partial charge in [0.1, 0.15) is 0 Å². The van der Waals surface area contributed by atoms with E-state index in [4.69, 9.17) is 34.8 Å². The van der Waals surface area contributed by atoms with Crippen LogP contribution in [0.15, 0.2) is 42.5 Å².